The van der Waals surface area contributed by atoms with Crippen LogP contribution in [0.3, 0.4) is 0 Å². The smallest absolute Gasteiger partial charge is 0.251 e. The van der Waals surface area contributed by atoms with Crippen LogP contribution in [0.2, 0.25) is 0 Å². The van der Waals surface area contributed by atoms with Crippen molar-refractivity contribution in [3.63, 3.8) is 0 Å². The Kier molecular flexibility index (Phi) is 9.43. The van der Waals surface area contributed by atoms with Gasteiger partial charge in [0.2, 0.25) is 0 Å². The summed E-state index contributed by atoms with van der Waals surface area (Å²) in [6.45, 7) is 1.28. The molecule has 0 bridgehead atoms. The molecule has 0 heterocycles. The molecule has 1 aromatic rings. The first kappa shape index (κ1) is 15.9. The average Bonchev–Trinajstić information content (AvgIpc) is 2.34. The first-order valence-corrected chi connectivity index (χ1v) is 5.55. The van der Waals surface area contributed by atoms with E-state index in [1.165, 1.54) is 0 Å². The van der Waals surface area contributed by atoms with Crippen LogP contribution in [0.25, 0.3) is 0 Å². The molecule has 96 valence electrons. The molecule has 1 aromatic carbocycles. The van der Waals surface area contributed by atoms with Crippen molar-refractivity contribution in [2.45, 2.75) is 19.3 Å². The predicted molar refractivity (Wildman–Crippen MR) is 69.7 cm³/mol. The van der Waals surface area contributed by atoms with Gasteiger partial charge in [0.25, 0.3) is 5.91 Å². The molecular formula is C12H19ClN2O2. The summed E-state index contributed by atoms with van der Waals surface area (Å²) in [6, 6.07) is 9.18. The maximum Gasteiger partial charge on any atom is 0.251 e. The highest BCUT2D eigenvalue weighted by Crippen LogP contribution is 1.98. The molecule has 0 unspecified atom stereocenters. The second-order valence-corrected chi connectivity index (χ2v) is 3.59. The standard InChI is InChI=1S/C12H18N2O2.ClH/c15-12(11-7-3-1-4-8-11)13-9-5-2-6-10-14-16;/h1,3-4,7-8,14,16H,2,5-6,9-10H2,(H,13,15);1H. The zero-order valence-electron chi connectivity index (χ0n) is 9.69. The minimum atomic E-state index is -0.0270. The quantitative estimate of drug-likeness (QED) is 0.518. The van der Waals surface area contributed by atoms with E-state index in [1.54, 1.807) is 12.1 Å². The molecule has 4 nitrogen and oxygen atoms in total. The molecule has 1 rings (SSSR count). The van der Waals surface area contributed by atoms with Crippen LogP contribution in [-0.4, -0.2) is 24.2 Å². The third-order valence-corrected chi connectivity index (χ3v) is 2.29. The lowest BCUT2D eigenvalue weighted by Gasteiger charge is -2.04. The van der Waals surface area contributed by atoms with Crippen molar-refractivity contribution in [2.75, 3.05) is 13.1 Å². The van der Waals surface area contributed by atoms with Gasteiger partial charge in [0, 0.05) is 18.7 Å². The Labute approximate surface area is 108 Å². The second kappa shape index (κ2) is 10.1. The van der Waals surface area contributed by atoms with Gasteiger partial charge in [-0.25, -0.2) is 5.48 Å². The number of benzene rings is 1. The third kappa shape index (κ3) is 6.94. The Morgan fingerprint density at radius 3 is 2.35 bits per heavy atom. The van der Waals surface area contributed by atoms with Gasteiger partial charge in [-0.1, -0.05) is 24.6 Å². The topological polar surface area (TPSA) is 61.4 Å². The molecular weight excluding hydrogens is 240 g/mol. The van der Waals surface area contributed by atoms with Crippen molar-refractivity contribution in [2.24, 2.45) is 0 Å². The third-order valence-electron chi connectivity index (χ3n) is 2.29. The van der Waals surface area contributed by atoms with Gasteiger partial charge in [-0.15, -0.1) is 12.4 Å². The van der Waals surface area contributed by atoms with Crippen molar-refractivity contribution in [1.29, 1.82) is 0 Å². The van der Waals surface area contributed by atoms with Crippen LogP contribution in [0, 0.1) is 0 Å². The van der Waals surface area contributed by atoms with E-state index in [2.05, 4.69) is 10.8 Å². The molecule has 1 amide bonds. The molecule has 0 aliphatic heterocycles. The number of nitrogens with one attached hydrogen (secondary N) is 2. The fourth-order valence-corrected chi connectivity index (χ4v) is 1.40. The van der Waals surface area contributed by atoms with Crippen molar-refractivity contribution < 1.29 is 10.0 Å². The lowest BCUT2D eigenvalue weighted by Crippen LogP contribution is -2.24. The number of hydrogen-bond acceptors (Lipinski definition) is 3. The zero-order valence-corrected chi connectivity index (χ0v) is 10.5. The van der Waals surface area contributed by atoms with Crippen LogP contribution in [0.1, 0.15) is 29.6 Å². The fraction of sp³-hybridized carbons (Fsp3) is 0.417. The van der Waals surface area contributed by atoms with Gasteiger partial charge in [0.05, 0.1) is 0 Å². The van der Waals surface area contributed by atoms with Gasteiger partial charge in [0.1, 0.15) is 0 Å². The lowest BCUT2D eigenvalue weighted by molar-refractivity contribution is 0.0952. The van der Waals surface area contributed by atoms with Crippen LogP contribution in [0.5, 0.6) is 0 Å². The van der Waals surface area contributed by atoms with Crippen LogP contribution >= 0.6 is 12.4 Å². The second-order valence-electron chi connectivity index (χ2n) is 3.59. The Bertz CT molecular complexity index is 307. The monoisotopic (exact) mass is 258 g/mol. The summed E-state index contributed by atoms with van der Waals surface area (Å²) in [5.74, 6) is -0.0270. The van der Waals surface area contributed by atoms with E-state index < -0.39 is 0 Å². The first-order chi connectivity index (χ1) is 7.84. The molecule has 0 aromatic heterocycles. The molecule has 0 aliphatic rings. The summed E-state index contributed by atoms with van der Waals surface area (Å²) in [4.78, 5) is 11.6. The molecule has 0 saturated carbocycles. The van der Waals surface area contributed by atoms with E-state index in [0.717, 1.165) is 19.3 Å². The molecule has 0 fully saturated rings. The van der Waals surface area contributed by atoms with E-state index in [9.17, 15) is 4.79 Å². The lowest BCUT2D eigenvalue weighted by atomic mass is 10.2. The number of carbonyl (C=O) groups is 1. The van der Waals surface area contributed by atoms with Gasteiger partial charge in [-0.3, -0.25) is 4.79 Å². The largest absolute Gasteiger partial charge is 0.352 e. The first-order valence-electron chi connectivity index (χ1n) is 5.55. The Morgan fingerprint density at radius 2 is 1.71 bits per heavy atom. The molecule has 5 heteroatoms. The van der Waals surface area contributed by atoms with Crippen LogP contribution in [0.4, 0.5) is 0 Å². The van der Waals surface area contributed by atoms with E-state index in [1.807, 2.05) is 18.2 Å². The molecule has 0 atom stereocenters. The molecule has 0 saturated heterocycles. The Balaban J connectivity index is 0.00000256. The normalized spacial score (nSPS) is 9.47. The number of unbranched alkanes of at least 4 members (excludes halogenated alkanes) is 2. The zero-order chi connectivity index (χ0) is 11.6. The van der Waals surface area contributed by atoms with Gasteiger partial charge in [0.15, 0.2) is 0 Å². The van der Waals surface area contributed by atoms with Crippen molar-refractivity contribution >= 4 is 18.3 Å². The minimum Gasteiger partial charge on any atom is -0.352 e. The number of halogens is 1. The van der Waals surface area contributed by atoms with Crippen LogP contribution < -0.4 is 10.8 Å². The summed E-state index contributed by atoms with van der Waals surface area (Å²) in [5, 5.41) is 11.2. The molecule has 3 N–H and O–H groups in total. The maximum absolute atomic E-state index is 11.6. The fourth-order valence-electron chi connectivity index (χ4n) is 1.40. The van der Waals surface area contributed by atoms with E-state index in [4.69, 9.17) is 5.21 Å². The van der Waals surface area contributed by atoms with Crippen molar-refractivity contribution in [3.05, 3.63) is 35.9 Å². The van der Waals surface area contributed by atoms with Gasteiger partial charge in [-0.05, 0) is 25.0 Å². The van der Waals surface area contributed by atoms with Gasteiger partial charge >= 0.3 is 0 Å². The summed E-state index contributed by atoms with van der Waals surface area (Å²) in [6.07, 6.45) is 2.83. The Morgan fingerprint density at radius 1 is 1.06 bits per heavy atom. The maximum atomic E-state index is 11.6. The van der Waals surface area contributed by atoms with Crippen LogP contribution in [-0.2, 0) is 0 Å². The van der Waals surface area contributed by atoms with Crippen molar-refractivity contribution in [1.82, 2.24) is 10.8 Å². The summed E-state index contributed by atoms with van der Waals surface area (Å²) >= 11 is 0. The summed E-state index contributed by atoms with van der Waals surface area (Å²) in [5.41, 5.74) is 2.80. The number of amides is 1. The highest BCUT2D eigenvalue weighted by Gasteiger charge is 2.02. The Hall–Kier alpha value is -1.10. The van der Waals surface area contributed by atoms with E-state index in [0.29, 0.717) is 18.7 Å². The summed E-state index contributed by atoms with van der Waals surface area (Å²) in [7, 11) is 0. The average molecular weight is 259 g/mol. The molecule has 0 radical (unpaired) electrons. The number of hydroxylamine groups is 1. The minimum absolute atomic E-state index is 0. The van der Waals surface area contributed by atoms with Gasteiger partial charge in [-0.2, -0.15) is 0 Å². The highest BCUT2D eigenvalue weighted by molar-refractivity contribution is 5.94. The SMILES string of the molecule is Cl.O=C(NCCCCCNO)c1ccccc1. The van der Waals surface area contributed by atoms with E-state index in [-0.39, 0.29) is 18.3 Å². The number of carbonyl (C=O) groups excluding carboxylic acids is 1. The predicted octanol–water partition coefficient (Wildman–Crippen LogP) is 1.99. The molecule has 17 heavy (non-hydrogen) atoms. The van der Waals surface area contributed by atoms with Gasteiger partial charge < -0.3 is 10.5 Å². The molecule has 0 spiro atoms. The molecule has 0 aliphatic carbocycles. The van der Waals surface area contributed by atoms with Crippen LogP contribution in [0.15, 0.2) is 30.3 Å². The van der Waals surface area contributed by atoms with Crippen molar-refractivity contribution in [3.8, 4) is 0 Å². The number of hydrogen-bond donors (Lipinski definition) is 3. The summed E-state index contributed by atoms with van der Waals surface area (Å²) < 4.78 is 0. The number of rotatable bonds is 7. The van der Waals surface area contributed by atoms with E-state index >= 15 is 0 Å². The highest BCUT2D eigenvalue weighted by atomic mass is 35.5.